The van der Waals surface area contributed by atoms with Crippen molar-refractivity contribution in [2.75, 3.05) is 26.2 Å². The summed E-state index contributed by atoms with van der Waals surface area (Å²) < 4.78 is 6.40. The molecule has 1 aliphatic heterocycles. The van der Waals surface area contributed by atoms with Crippen molar-refractivity contribution in [1.29, 1.82) is 0 Å². The highest BCUT2D eigenvalue weighted by Gasteiger charge is 2.21. The second-order valence-electron chi connectivity index (χ2n) is 9.15. The Morgan fingerprint density at radius 1 is 1.13 bits per heavy atom. The minimum absolute atomic E-state index is 0.259. The molecule has 0 bridgehead atoms. The van der Waals surface area contributed by atoms with Gasteiger partial charge in [-0.15, -0.1) is 0 Å². The van der Waals surface area contributed by atoms with Crippen LogP contribution in [-0.4, -0.2) is 52.3 Å². The smallest absolute Gasteiger partial charge is 0.120 e. The normalized spacial score (nSPS) is 15.8. The van der Waals surface area contributed by atoms with Gasteiger partial charge in [-0.2, -0.15) is 0 Å². The monoisotopic (exact) mass is 421 g/mol. The number of aliphatic hydroxyl groups is 1. The summed E-state index contributed by atoms with van der Waals surface area (Å²) in [6, 6.07) is 10.8. The average molecular weight is 422 g/mol. The number of likely N-dealkylation sites (tertiary alicyclic amines) is 1. The van der Waals surface area contributed by atoms with E-state index in [4.69, 9.17) is 9.84 Å². The fourth-order valence-electron chi connectivity index (χ4n) is 4.81. The number of pyridine rings is 1. The first-order chi connectivity index (χ1) is 14.9. The SMILES string of the molecule is Cc1cc(-c2[nH]c3ccc(OC4CCN(CCCO)CC4)cc3c2C(C)C)cc(C)n1. The maximum Gasteiger partial charge on any atom is 0.120 e. The maximum atomic E-state index is 9.04. The standard InChI is InChI=1S/C26H35N3O2/c1-17(2)25-23-16-22(31-21-8-11-29(12-9-21)10-5-13-30)6-7-24(23)28-26(25)20-14-18(3)27-19(4)15-20/h6-7,14-17,21,28,30H,5,8-13H2,1-4H3. The number of piperidine rings is 1. The summed E-state index contributed by atoms with van der Waals surface area (Å²) in [7, 11) is 0. The highest BCUT2D eigenvalue weighted by atomic mass is 16.5. The fraction of sp³-hybridized carbons (Fsp3) is 0.500. The summed E-state index contributed by atoms with van der Waals surface area (Å²) in [4.78, 5) is 10.6. The van der Waals surface area contributed by atoms with E-state index in [1.165, 1.54) is 22.2 Å². The average Bonchev–Trinajstić information content (AvgIpc) is 3.12. The van der Waals surface area contributed by atoms with Gasteiger partial charge >= 0.3 is 0 Å². The van der Waals surface area contributed by atoms with E-state index in [1.807, 2.05) is 0 Å². The zero-order valence-corrected chi connectivity index (χ0v) is 19.2. The number of hydrogen-bond donors (Lipinski definition) is 2. The summed E-state index contributed by atoms with van der Waals surface area (Å²) >= 11 is 0. The fourth-order valence-corrected chi connectivity index (χ4v) is 4.81. The van der Waals surface area contributed by atoms with Crippen LogP contribution in [0.15, 0.2) is 30.3 Å². The molecule has 4 rings (SSSR count). The molecule has 0 saturated carbocycles. The van der Waals surface area contributed by atoms with E-state index in [-0.39, 0.29) is 12.7 Å². The molecule has 5 heteroatoms. The molecule has 3 heterocycles. The third-order valence-electron chi connectivity index (χ3n) is 6.23. The maximum absolute atomic E-state index is 9.04. The number of aryl methyl sites for hydroxylation is 2. The zero-order chi connectivity index (χ0) is 22.0. The van der Waals surface area contributed by atoms with E-state index in [2.05, 4.69) is 72.9 Å². The Labute approximate surface area is 185 Å². The van der Waals surface area contributed by atoms with Gasteiger partial charge in [-0.25, -0.2) is 0 Å². The summed E-state index contributed by atoms with van der Waals surface area (Å²) in [5, 5.41) is 10.3. The van der Waals surface area contributed by atoms with Crippen LogP contribution in [0, 0.1) is 13.8 Å². The molecule has 0 atom stereocenters. The van der Waals surface area contributed by atoms with Gasteiger partial charge in [-0.05, 0) is 74.9 Å². The van der Waals surface area contributed by atoms with Gasteiger partial charge in [-0.3, -0.25) is 4.98 Å². The van der Waals surface area contributed by atoms with Gasteiger partial charge in [0.05, 0.1) is 5.69 Å². The molecule has 1 aromatic carbocycles. The van der Waals surface area contributed by atoms with Crippen molar-refractivity contribution in [3.05, 3.63) is 47.3 Å². The quantitative estimate of drug-likeness (QED) is 0.551. The lowest BCUT2D eigenvalue weighted by atomic mass is 9.96. The molecule has 0 aliphatic carbocycles. The largest absolute Gasteiger partial charge is 0.490 e. The van der Waals surface area contributed by atoms with E-state index < -0.39 is 0 Å². The second-order valence-corrected chi connectivity index (χ2v) is 9.15. The van der Waals surface area contributed by atoms with Crippen molar-refractivity contribution in [1.82, 2.24) is 14.9 Å². The van der Waals surface area contributed by atoms with Crippen LogP contribution in [0.25, 0.3) is 22.2 Å². The summed E-state index contributed by atoms with van der Waals surface area (Å²) in [5.41, 5.74) is 6.95. The number of ether oxygens (including phenoxy) is 1. The molecule has 166 valence electrons. The number of aromatic amines is 1. The summed E-state index contributed by atoms with van der Waals surface area (Å²) in [6.07, 6.45) is 3.18. The van der Waals surface area contributed by atoms with Crippen LogP contribution in [-0.2, 0) is 0 Å². The van der Waals surface area contributed by atoms with Crippen LogP contribution in [0.3, 0.4) is 0 Å². The molecule has 1 aliphatic rings. The van der Waals surface area contributed by atoms with Crippen molar-refractivity contribution in [2.45, 2.75) is 59.0 Å². The molecular weight excluding hydrogens is 386 g/mol. The van der Waals surface area contributed by atoms with E-state index in [9.17, 15) is 0 Å². The molecule has 31 heavy (non-hydrogen) atoms. The van der Waals surface area contributed by atoms with Gasteiger partial charge in [0.1, 0.15) is 11.9 Å². The Hall–Kier alpha value is -2.37. The first-order valence-corrected chi connectivity index (χ1v) is 11.6. The molecule has 0 unspecified atom stereocenters. The van der Waals surface area contributed by atoms with Gasteiger partial charge in [0.15, 0.2) is 0 Å². The first-order valence-electron chi connectivity index (χ1n) is 11.6. The minimum Gasteiger partial charge on any atom is -0.490 e. The van der Waals surface area contributed by atoms with Crippen LogP contribution >= 0.6 is 0 Å². The predicted molar refractivity (Wildman–Crippen MR) is 127 cm³/mol. The molecule has 0 radical (unpaired) electrons. The molecule has 1 fully saturated rings. The number of H-pyrrole nitrogens is 1. The molecule has 2 aromatic heterocycles. The molecule has 2 N–H and O–H groups in total. The Bertz CT molecular complexity index is 1010. The van der Waals surface area contributed by atoms with Crippen molar-refractivity contribution >= 4 is 10.9 Å². The Balaban J connectivity index is 1.58. The number of rotatable bonds is 7. The van der Waals surface area contributed by atoms with Crippen LogP contribution < -0.4 is 4.74 Å². The van der Waals surface area contributed by atoms with Gasteiger partial charge in [0, 0.05) is 54.1 Å². The van der Waals surface area contributed by atoms with Crippen LogP contribution in [0.5, 0.6) is 5.75 Å². The predicted octanol–water partition coefficient (Wildman–Crippen LogP) is 5.20. The Morgan fingerprint density at radius 3 is 2.48 bits per heavy atom. The van der Waals surface area contributed by atoms with E-state index >= 15 is 0 Å². The van der Waals surface area contributed by atoms with Crippen molar-refractivity contribution in [2.24, 2.45) is 0 Å². The number of aromatic nitrogens is 2. The topological polar surface area (TPSA) is 61.4 Å². The minimum atomic E-state index is 0.259. The van der Waals surface area contributed by atoms with Gasteiger partial charge in [-0.1, -0.05) is 13.8 Å². The number of nitrogens with one attached hydrogen (secondary N) is 1. The van der Waals surface area contributed by atoms with E-state index in [0.29, 0.717) is 5.92 Å². The number of fused-ring (bicyclic) bond motifs is 1. The zero-order valence-electron chi connectivity index (χ0n) is 19.2. The lowest BCUT2D eigenvalue weighted by Crippen LogP contribution is -2.38. The first kappa shape index (κ1) is 21.8. The number of benzene rings is 1. The summed E-state index contributed by atoms with van der Waals surface area (Å²) in [5.74, 6) is 1.35. The van der Waals surface area contributed by atoms with Crippen LogP contribution in [0.1, 0.15) is 56.0 Å². The lowest BCUT2D eigenvalue weighted by Gasteiger charge is -2.32. The molecule has 3 aromatic rings. The lowest BCUT2D eigenvalue weighted by molar-refractivity contribution is 0.0965. The third-order valence-corrected chi connectivity index (χ3v) is 6.23. The molecule has 0 amide bonds. The van der Waals surface area contributed by atoms with Crippen LogP contribution in [0.2, 0.25) is 0 Å². The van der Waals surface area contributed by atoms with Gasteiger partial charge in [0.25, 0.3) is 0 Å². The second kappa shape index (κ2) is 9.41. The Kier molecular flexibility index (Phi) is 6.63. The Morgan fingerprint density at radius 2 is 1.84 bits per heavy atom. The number of nitrogens with zero attached hydrogens (tertiary/aromatic N) is 2. The van der Waals surface area contributed by atoms with E-state index in [0.717, 1.165) is 61.6 Å². The molecular formula is C26H35N3O2. The highest BCUT2D eigenvalue weighted by molar-refractivity contribution is 5.92. The molecule has 0 spiro atoms. The van der Waals surface area contributed by atoms with Crippen LogP contribution in [0.4, 0.5) is 0 Å². The number of hydrogen-bond acceptors (Lipinski definition) is 4. The third kappa shape index (κ3) is 4.94. The molecule has 1 saturated heterocycles. The highest BCUT2D eigenvalue weighted by Crippen LogP contribution is 2.37. The van der Waals surface area contributed by atoms with E-state index in [1.54, 1.807) is 0 Å². The van der Waals surface area contributed by atoms with Gasteiger partial charge in [0.2, 0.25) is 0 Å². The van der Waals surface area contributed by atoms with Crippen molar-refractivity contribution in [3.8, 4) is 17.0 Å². The van der Waals surface area contributed by atoms with Crippen molar-refractivity contribution in [3.63, 3.8) is 0 Å². The molecule has 5 nitrogen and oxygen atoms in total. The van der Waals surface area contributed by atoms with Crippen molar-refractivity contribution < 1.29 is 9.84 Å². The van der Waals surface area contributed by atoms with Gasteiger partial charge < -0.3 is 19.7 Å². The number of aliphatic hydroxyl groups excluding tert-OH is 1. The summed E-state index contributed by atoms with van der Waals surface area (Å²) in [6.45, 7) is 11.9.